The largest absolute Gasteiger partial charge is 0.486 e. The number of hydrogen-bond acceptors (Lipinski definition) is 3. The first-order valence-electron chi connectivity index (χ1n) is 7.45. The van der Waals surface area contributed by atoms with Crippen LogP contribution in [0.3, 0.4) is 0 Å². The monoisotopic (exact) mass is 295 g/mol. The van der Waals surface area contributed by atoms with Crippen molar-refractivity contribution in [1.29, 1.82) is 0 Å². The SMILES string of the molecule is CC1(C(N)c2cc3c(cc2Cl)OCCO3)CCCCC1. The lowest BCUT2D eigenvalue weighted by atomic mass is 9.69. The van der Waals surface area contributed by atoms with Crippen LogP contribution in [0.1, 0.15) is 50.6 Å². The van der Waals surface area contributed by atoms with Crippen molar-refractivity contribution in [3.63, 3.8) is 0 Å². The number of hydrogen-bond donors (Lipinski definition) is 1. The molecule has 4 heteroatoms. The van der Waals surface area contributed by atoms with Crippen molar-refractivity contribution < 1.29 is 9.47 Å². The van der Waals surface area contributed by atoms with Gasteiger partial charge < -0.3 is 15.2 Å². The Balaban J connectivity index is 1.92. The van der Waals surface area contributed by atoms with Crippen molar-refractivity contribution in [3.05, 3.63) is 22.7 Å². The topological polar surface area (TPSA) is 44.5 Å². The van der Waals surface area contributed by atoms with E-state index in [9.17, 15) is 0 Å². The second kappa shape index (κ2) is 5.45. The van der Waals surface area contributed by atoms with Gasteiger partial charge in [-0.05, 0) is 29.9 Å². The molecule has 1 aromatic carbocycles. The van der Waals surface area contributed by atoms with Crippen molar-refractivity contribution in [2.45, 2.75) is 45.1 Å². The highest BCUT2D eigenvalue weighted by molar-refractivity contribution is 6.31. The van der Waals surface area contributed by atoms with Crippen molar-refractivity contribution in [2.75, 3.05) is 13.2 Å². The molecule has 0 bridgehead atoms. The highest BCUT2D eigenvalue weighted by atomic mass is 35.5. The molecule has 1 unspecified atom stereocenters. The Morgan fingerprint density at radius 3 is 2.35 bits per heavy atom. The average Bonchev–Trinajstić information content (AvgIpc) is 2.46. The summed E-state index contributed by atoms with van der Waals surface area (Å²) in [7, 11) is 0. The first-order chi connectivity index (χ1) is 9.60. The first kappa shape index (κ1) is 14.0. The molecule has 20 heavy (non-hydrogen) atoms. The molecule has 0 spiro atoms. The zero-order valence-electron chi connectivity index (χ0n) is 12.0. The van der Waals surface area contributed by atoms with Gasteiger partial charge in [-0.25, -0.2) is 0 Å². The summed E-state index contributed by atoms with van der Waals surface area (Å²) < 4.78 is 11.2. The number of benzene rings is 1. The van der Waals surface area contributed by atoms with Gasteiger partial charge in [0.15, 0.2) is 11.5 Å². The Morgan fingerprint density at radius 2 is 1.70 bits per heavy atom. The van der Waals surface area contributed by atoms with Crippen molar-refractivity contribution in [1.82, 2.24) is 0 Å². The lowest BCUT2D eigenvalue weighted by Gasteiger charge is -2.39. The molecule has 1 aromatic rings. The summed E-state index contributed by atoms with van der Waals surface area (Å²) in [6.45, 7) is 3.44. The lowest BCUT2D eigenvalue weighted by molar-refractivity contribution is 0.163. The maximum absolute atomic E-state index is 6.56. The molecule has 3 nitrogen and oxygen atoms in total. The summed E-state index contributed by atoms with van der Waals surface area (Å²) in [6, 6.07) is 3.77. The fraction of sp³-hybridized carbons (Fsp3) is 0.625. The van der Waals surface area contributed by atoms with Gasteiger partial charge in [0, 0.05) is 17.1 Å². The van der Waals surface area contributed by atoms with Crippen LogP contribution in [-0.4, -0.2) is 13.2 Å². The van der Waals surface area contributed by atoms with E-state index >= 15 is 0 Å². The summed E-state index contributed by atoms with van der Waals surface area (Å²) in [5.74, 6) is 1.50. The molecule has 1 saturated carbocycles. The lowest BCUT2D eigenvalue weighted by Crippen LogP contribution is -2.34. The summed E-state index contributed by atoms with van der Waals surface area (Å²) >= 11 is 6.42. The number of ether oxygens (including phenoxy) is 2. The van der Waals surface area contributed by atoms with Crippen LogP contribution in [0.15, 0.2) is 12.1 Å². The molecular weight excluding hydrogens is 274 g/mol. The van der Waals surface area contributed by atoms with Gasteiger partial charge in [-0.2, -0.15) is 0 Å². The third kappa shape index (κ3) is 2.49. The Morgan fingerprint density at radius 1 is 1.10 bits per heavy atom. The summed E-state index contributed by atoms with van der Waals surface area (Å²) in [5.41, 5.74) is 7.67. The van der Waals surface area contributed by atoms with E-state index < -0.39 is 0 Å². The molecule has 1 atom stereocenters. The van der Waals surface area contributed by atoms with Crippen molar-refractivity contribution >= 4 is 11.6 Å². The Kier molecular flexibility index (Phi) is 3.83. The molecule has 2 aliphatic rings. The maximum atomic E-state index is 6.56. The zero-order valence-corrected chi connectivity index (χ0v) is 12.7. The fourth-order valence-electron chi connectivity index (χ4n) is 3.36. The van der Waals surface area contributed by atoms with E-state index in [1.807, 2.05) is 12.1 Å². The standard InChI is InChI=1S/C16H22ClNO2/c1-16(5-3-2-4-6-16)15(18)11-9-13-14(10-12(11)17)20-8-7-19-13/h9-10,15H,2-8,18H2,1H3. The minimum Gasteiger partial charge on any atom is -0.486 e. The summed E-state index contributed by atoms with van der Waals surface area (Å²) in [6.07, 6.45) is 6.16. The second-order valence-electron chi connectivity index (χ2n) is 6.21. The molecule has 1 aliphatic carbocycles. The van der Waals surface area contributed by atoms with E-state index in [1.54, 1.807) is 0 Å². The molecule has 2 N–H and O–H groups in total. The minimum atomic E-state index is -0.0499. The molecule has 0 aromatic heterocycles. The number of nitrogens with two attached hydrogens (primary N) is 1. The predicted octanol–water partition coefficient (Wildman–Crippen LogP) is 4.08. The van der Waals surface area contributed by atoms with Crippen LogP contribution in [0.25, 0.3) is 0 Å². The van der Waals surface area contributed by atoms with Gasteiger partial charge in [-0.15, -0.1) is 0 Å². The zero-order chi connectivity index (χ0) is 14.2. The van der Waals surface area contributed by atoms with Crippen LogP contribution < -0.4 is 15.2 Å². The average molecular weight is 296 g/mol. The fourth-order valence-corrected chi connectivity index (χ4v) is 3.64. The second-order valence-corrected chi connectivity index (χ2v) is 6.62. The molecule has 0 saturated heterocycles. The quantitative estimate of drug-likeness (QED) is 0.894. The van der Waals surface area contributed by atoms with Gasteiger partial charge in [0.25, 0.3) is 0 Å². The van der Waals surface area contributed by atoms with Gasteiger partial charge in [0.1, 0.15) is 13.2 Å². The van der Waals surface area contributed by atoms with Crippen LogP contribution in [0, 0.1) is 5.41 Å². The number of fused-ring (bicyclic) bond motifs is 1. The normalized spacial score (nSPS) is 22.4. The Labute approximate surface area is 125 Å². The van der Waals surface area contributed by atoms with Gasteiger partial charge >= 0.3 is 0 Å². The molecule has 110 valence electrons. The van der Waals surface area contributed by atoms with Gasteiger partial charge in [0.2, 0.25) is 0 Å². The van der Waals surface area contributed by atoms with E-state index in [2.05, 4.69) is 6.92 Å². The molecule has 1 aliphatic heterocycles. The summed E-state index contributed by atoms with van der Waals surface area (Å²) in [5, 5.41) is 0.688. The Hall–Kier alpha value is -0.930. The third-order valence-corrected chi connectivity index (χ3v) is 5.07. The van der Waals surface area contributed by atoms with E-state index in [4.69, 9.17) is 26.8 Å². The number of rotatable bonds is 2. The highest BCUT2D eigenvalue weighted by Gasteiger charge is 2.35. The predicted molar refractivity (Wildman–Crippen MR) is 80.6 cm³/mol. The van der Waals surface area contributed by atoms with Crippen LogP contribution in [0.4, 0.5) is 0 Å². The third-order valence-electron chi connectivity index (χ3n) is 4.74. The van der Waals surface area contributed by atoms with Gasteiger partial charge in [-0.1, -0.05) is 37.8 Å². The van der Waals surface area contributed by atoms with E-state index in [1.165, 1.54) is 32.1 Å². The highest BCUT2D eigenvalue weighted by Crippen LogP contribution is 2.47. The van der Waals surface area contributed by atoms with E-state index in [0.29, 0.717) is 18.2 Å². The van der Waals surface area contributed by atoms with Crippen molar-refractivity contribution in [2.24, 2.45) is 11.1 Å². The number of halogens is 1. The smallest absolute Gasteiger partial charge is 0.162 e. The van der Waals surface area contributed by atoms with Gasteiger partial charge in [-0.3, -0.25) is 0 Å². The summed E-state index contributed by atoms with van der Waals surface area (Å²) in [4.78, 5) is 0. The Bertz CT molecular complexity index is 497. The first-order valence-corrected chi connectivity index (χ1v) is 7.83. The van der Waals surface area contributed by atoms with Crippen LogP contribution in [-0.2, 0) is 0 Å². The molecule has 1 fully saturated rings. The van der Waals surface area contributed by atoms with E-state index in [-0.39, 0.29) is 11.5 Å². The maximum Gasteiger partial charge on any atom is 0.162 e. The van der Waals surface area contributed by atoms with Gasteiger partial charge in [0.05, 0.1) is 0 Å². The molecule has 1 heterocycles. The van der Waals surface area contributed by atoms with Crippen LogP contribution in [0.2, 0.25) is 5.02 Å². The van der Waals surface area contributed by atoms with E-state index in [0.717, 1.165) is 17.1 Å². The molecule has 0 radical (unpaired) electrons. The molecule has 3 rings (SSSR count). The minimum absolute atomic E-state index is 0.0499. The van der Waals surface area contributed by atoms with Crippen molar-refractivity contribution in [3.8, 4) is 11.5 Å². The van der Waals surface area contributed by atoms with Crippen LogP contribution >= 0.6 is 11.6 Å². The van der Waals surface area contributed by atoms with Crippen LogP contribution in [0.5, 0.6) is 11.5 Å². The molecule has 0 amide bonds. The molecular formula is C16H22ClNO2.